The lowest BCUT2D eigenvalue weighted by molar-refractivity contribution is -0.122. The highest BCUT2D eigenvalue weighted by Gasteiger charge is 2.30. The molecule has 0 unspecified atom stereocenters. The van der Waals surface area contributed by atoms with E-state index in [2.05, 4.69) is 4.99 Å². The van der Waals surface area contributed by atoms with Crippen molar-refractivity contribution in [2.75, 3.05) is 13.2 Å². The third-order valence-corrected chi connectivity index (χ3v) is 5.37. The number of amidine groups is 1. The molecular formula is C25H26N2O4. The molecule has 1 amide bonds. The molecule has 0 spiro atoms. The standard InChI is InChI=1S/C25H26N2O4/c1-3-30-22-16-18(15-20-24(28)27-14-6-4-5-7-23(27)26-20)10-13-21(22)31-25(29)19-11-8-17(2)9-12-19/h8-13,15-16H,3-7,14H2,1-2H3/b20-15+. The monoisotopic (exact) mass is 418 g/mol. The Kier molecular flexibility index (Phi) is 6.16. The van der Waals surface area contributed by atoms with Crippen LogP contribution in [0, 0.1) is 6.92 Å². The number of benzene rings is 2. The average molecular weight is 418 g/mol. The number of hydrogen-bond acceptors (Lipinski definition) is 5. The normalized spacial score (nSPS) is 17.2. The second-order valence-corrected chi connectivity index (χ2v) is 7.72. The maximum atomic E-state index is 12.7. The molecule has 0 N–H and O–H groups in total. The van der Waals surface area contributed by atoms with E-state index in [0.29, 0.717) is 29.4 Å². The molecule has 6 heteroatoms. The first-order valence-corrected chi connectivity index (χ1v) is 10.7. The third-order valence-electron chi connectivity index (χ3n) is 5.37. The van der Waals surface area contributed by atoms with Crippen molar-refractivity contribution in [3.63, 3.8) is 0 Å². The van der Waals surface area contributed by atoms with Crippen LogP contribution in [0.3, 0.4) is 0 Å². The zero-order valence-corrected chi connectivity index (χ0v) is 17.9. The van der Waals surface area contributed by atoms with Crippen LogP contribution in [0.1, 0.15) is 54.1 Å². The van der Waals surface area contributed by atoms with E-state index in [0.717, 1.165) is 49.2 Å². The van der Waals surface area contributed by atoms with Crippen LogP contribution in [0.4, 0.5) is 0 Å². The summed E-state index contributed by atoms with van der Waals surface area (Å²) in [6.45, 7) is 4.98. The van der Waals surface area contributed by atoms with Crippen LogP contribution < -0.4 is 9.47 Å². The van der Waals surface area contributed by atoms with Crippen molar-refractivity contribution < 1.29 is 19.1 Å². The van der Waals surface area contributed by atoms with E-state index in [9.17, 15) is 9.59 Å². The quantitative estimate of drug-likeness (QED) is 0.399. The lowest BCUT2D eigenvalue weighted by Gasteiger charge is -2.14. The minimum Gasteiger partial charge on any atom is -0.490 e. The Morgan fingerprint density at radius 1 is 1.10 bits per heavy atom. The van der Waals surface area contributed by atoms with Gasteiger partial charge in [0.15, 0.2) is 11.5 Å². The van der Waals surface area contributed by atoms with Crippen molar-refractivity contribution in [1.29, 1.82) is 0 Å². The van der Waals surface area contributed by atoms with Gasteiger partial charge < -0.3 is 9.47 Å². The summed E-state index contributed by atoms with van der Waals surface area (Å²) < 4.78 is 11.3. The minimum absolute atomic E-state index is 0.0512. The van der Waals surface area contributed by atoms with Gasteiger partial charge in [-0.2, -0.15) is 0 Å². The summed E-state index contributed by atoms with van der Waals surface area (Å²) in [5, 5.41) is 0. The molecule has 0 aliphatic carbocycles. The molecule has 0 bridgehead atoms. The number of ether oxygens (including phenoxy) is 2. The average Bonchev–Trinajstić information content (AvgIpc) is 2.92. The number of rotatable bonds is 5. The second kappa shape index (κ2) is 9.16. The van der Waals surface area contributed by atoms with Gasteiger partial charge in [0, 0.05) is 13.0 Å². The molecule has 160 valence electrons. The largest absolute Gasteiger partial charge is 0.490 e. The smallest absolute Gasteiger partial charge is 0.343 e. The Morgan fingerprint density at radius 3 is 2.68 bits per heavy atom. The van der Waals surface area contributed by atoms with Crippen LogP contribution in [0.2, 0.25) is 0 Å². The van der Waals surface area contributed by atoms with Crippen molar-refractivity contribution in [2.24, 2.45) is 4.99 Å². The predicted octanol–water partition coefficient (Wildman–Crippen LogP) is 4.77. The van der Waals surface area contributed by atoms with Crippen molar-refractivity contribution in [1.82, 2.24) is 4.90 Å². The highest BCUT2D eigenvalue weighted by Crippen LogP contribution is 2.31. The number of aliphatic imine (C=N–C) groups is 1. The molecule has 2 heterocycles. The Labute approximate surface area is 182 Å². The van der Waals surface area contributed by atoms with Gasteiger partial charge in [-0.15, -0.1) is 0 Å². The molecule has 0 radical (unpaired) electrons. The minimum atomic E-state index is -0.447. The summed E-state index contributed by atoms with van der Waals surface area (Å²) >= 11 is 0. The fraction of sp³-hybridized carbons (Fsp3) is 0.320. The zero-order valence-electron chi connectivity index (χ0n) is 17.9. The molecule has 1 fully saturated rings. The summed E-state index contributed by atoms with van der Waals surface area (Å²) in [7, 11) is 0. The van der Waals surface area contributed by atoms with E-state index in [1.165, 1.54) is 0 Å². The molecule has 4 rings (SSSR count). The van der Waals surface area contributed by atoms with Gasteiger partial charge in [-0.1, -0.05) is 30.2 Å². The highest BCUT2D eigenvalue weighted by atomic mass is 16.6. The zero-order chi connectivity index (χ0) is 21.8. The number of hydrogen-bond donors (Lipinski definition) is 0. The van der Waals surface area contributed by atoms with E-state index < -0.39 is 5.97 Å². The lowest BCUT2D eigenvalue weighted by atomic mass is 10.1. The van der Waals surface area contributed by atoms with E-state index in [1.807, 2.05) is 26.0 Å². The van der Waals surface area contributed by atoms with Gasteiger partial charge in [0.05, 0.1) is 12.2 Å². The first kappa shape index (κ1) is 20.8. The fourth-order valence-electron chi connectivity index (χ4n) is 3.72. The Hall–Kier alpha value is -3.41. The first-order valence-electron chi connectivity index (χ1n) is 10.7. The lowest BCUT2D eigenvalue weighted by Crippen LogP contribution is -2.31. The Morgan fingerprint density at radius 2 is 1.90 bits per heavy atom. The predicted molar refractivity (Wildman–Crippen MR) is 119 cm³/mol. The molecule has 1 saturated heterocycles. The number of esters is 1. The summed E-state index contributed by atoms with van der Waals surface area (Å²) in [5.74, 6) is 1.15. The molecule has 2 aromatic carbocycles. The summed E-state index contributed by atoms with van der Waals surface area (Å²) in [6, 6.07) is 12.5. The van der Waals surface area contributed by atoms with Gasteiger partial charge in [-0.3, -0.25) is 9.69 Å². The van der Waals surface area contributed by atoms with Crippen molar-refractivity contribution in [3.8, 4) is 11.5 Å². The van der Waals surface area contributed by atoms with E-state index in [4.69, 9.17) is 9.47 Å². The number of fused-ring (bicyclic) bond motifs is 1. The van der Waals surface area contributed by atoms with Crippen LogP contribution in [0.15, 0.2) is 53.2 Å². The van der Waals surface area contributed by atoms with Gasteiger partial charge in [0.1, 0.15) is 11.5 Å². The first-order chi connectivity index (χ1) is 15.0. The molecule has 6 nitrogen and oxygen atoms in total. The molecule has 0 aromatic heterocycles. The molecule has 31 heavy (non-hydrogen) atoms. The molecule has 2 aromatic rings. The van der Waals surface area contributed by atoms with Crippen LogP contribution in [-0.2, 0) is 4.79 Å². The van der Waals surface area contributed by atoms with Gasteiger partial charge in [-0.25, -0.2) is 9.79 Å². The van der Waals surface area contributed by atoms with Crippen molar-refractivity contribution in [3.05, 3.63) is 64.9 Å². The number of carbonyl (C=O) groups excluding carboxylic acids is 2. The Bertz CT molecular complexity index is 1050. The number of carbonyl (C=O) groups is 2. The van der Waals surface area contributed by atoms with Crippen molar-refractivity contribution in [2.45, 2.75) is 39.5 Å². The van der Waals surface area contributed by atoms with Gasteiger partial charge >= 0.3 is 5.97 Å². The number of amides is 1. The molecule has 0 atom stereocenters. The summed E-state index contributed by atoms with van der Waals surface area (Å²) in [6.07, 6.45) is 5.79. The topological polar surface area (TPSA) is 68.2 Å². The van der Waals surface area contributed by atoms with E-state index in [-0.39, 0.29) is 5.91 Å². The van der Waals surface area contributed by atoms with Crippen LogP contribution >= 0.6 is 0 Å². The maximum absolute atomic E-state index is 12.7. The highest BCUT2D eigenvalue weighted by molar-refractivity contribution is 6.14. The van der Waals surface area contributed by atoms with E-state index >= 15 is 0 Å². The molecule has 2 aliphatic rings. The van der Waals surface area contributed by atoms with Crippen LogP contribution in [-0.4, -0.2) is 35.8 Å². The van der Waals surface area contributed by atoms with Gasteiger partial charge in [0.2, 0.25) is 0 Å². The van der Waals surface area contributed by atoms with Gasteiger partial charge in [0.25, 0.3) is 5.91 Å². The molecular weight excluding hydrogens is 392 g/mol. The van der Waals surface area contributed by atoms with E-state index in [1.54, 1.807) is 41.3 Å². The molecule has 0 saturated carbocycles. The molecule has 2 aliphatic heterocycles. The second-order valence-electron chi connectivity index (χ2n) is 7.72. The third kappa shape index (κ3) is 4.68. The van der Waals surface area contributed by atoms with Crippen LogP contribution in [0.5, 0.6) is 11.5 Å². The summed E-state index contributed by atoms with van der Waals surface area (Å²) in [5.41, 5.74) is 2.74. The van der Waals surface area contributed by atoms with Gasteiger partial charge in [-0.05, 0) is 62.6 Å². The number of aryl methyl sites for hydroxylation is 1. The Balaban J connectivity index is 1.57. The SMILES string of the molecule is CCOc1cc(/C=C2/N=C3CCCCCN3C2=O)ccc1OC(=O)c1ccc(C)cc1. The van der Waals surface area contributed by atoms with Crippen molar-refractivity contribution >= 4 is 23.8 Å². The van der Waals surface area contributed by atoms with Crippen LogP contribution in [0.25, 0.3) is 6.08 Å². The fourth-order valence-corrected chi connectivity index (χ4v) is 3.72. The number of nitrogens with zero attached hydrogens (tertiary/aromatic N) is 2. The summed E-state index contributed by atoms with van der Waals surface area (Å²) in [4.78, 5) is 31.6. The maximum Gasteiger partial charge on any atom is 0.343 e.